The van der Waals surface area contributed by atoms with Crippen molar-refractivity contribution < 1.29 is 14.0 Å². The van der Waals surface area contributed by atoms with Gasteiger partial charge in [-0.05, 0) is 23.6 Å². The molecule has 0 spiro atoms. The fourth-order valence-corrected chi connectivity index (χ4v) is 1.91. The molecule has 2 amide bonds. The first-order valence-corrected chi connectivity index (χ1v) is 5.66. The third kappa shape index (κ3) is 2.07. The van der Waals surface area contributed by atoms with Gasteiger partial charge in [-0.1, -0.05) is 19.9 Å². The first-order chi connectivity index (χ1) is 8.00. The van der Waals surface area contributed by atoms with Gasteiger partial charge in [-0.15, -0.1) is 0 Å². The van der Waals surface area contributed by atoms with Crippen LogP contribution in [0.2, 0.25) is 0 Å². The minimum absolute atomic E-state index is 0.0868. The van der Waals surface area contributed by atoms with E-state index in [2.05, 4.69) is 0 Å². The highest BCUT2D eigenvalue weighted by atomic mass is 19.1. The molecule has 1 aromatic rings. The second-order valence-corrected chi connectivity index (χ2v) is 4.49. The van der Waals surface area contributed by atoms with E-state index in [0.717, 1.165) is 10.5 Å². The zero-order valence-corrected chi connectivity index (χ0v) is 9.87. The van der Waals surface area contributed by atoms with Gasteiger partial charge in [-0.2, -0.15) is 0 Å². The van der Waals surface area contributed by atoms with E-state index in [1.54, 1.807) is 12.1 Å². The van der Waals surface area contributed by atoms with Gasteiger partial charge in [-0.3, -0.25) is 9.59 Å². The van der Waals surface area contributed by atoms with Crippen molar-refractivity contribution in [1.29, 1.82) is 0 Å². The Balaban J connectivity index is 2.47. The molecule has 0 saturated carbocycles. The number of benzene rings is 1. The highest BCUT2D eigenvalue weighted by Gasteiger charge is 2.32. The lowest BCUT2D eigenvalue weighted by atomic mass is 10.0. The first kappa shape index (κ1) is 11.8. The molecule has 1 fully saturated rings. The lowest BCUT2D eigenvalue weighted by Gasteiger charge is -2.16. The van der Waals surface area contributed by atoms with E-state index in [4.69, 9.17) is 0 Å². The summed E-state index contributed by atoms with van der Waals surface area (Å²) in [6.45, 7) is 3.95. The van der Waals surface area contributed by atoms with Gasteiger partial charge in [0.05, 0.1) is 5.69 Å². The van der Waals surface area contributed by atoms with Gasteiger partial charge >= 0.3 is 0 Å². The standard InChI is InChI=1S/C13H14FNO2/c1-8(2)9-3-4-10(14)11(7-9)15-12(16)5-6-13(15)17/h3-4,7-8H,5-6H2,1-2H3. The average molecular weight is 235 g/mol. The molecule has 3 nitrogen and oxygen atoms in total. The minimum atomic E-state index is -0.530. The Labute approximate surface area is 99.2 Å². The SMILES string of the molecule is CC(C)c1ccc(F)c(N2C(=O)CCC2=O)c1. The van der Waals surface area contributed by atoms with Crippen LogP contribution < -0.4 is 4.90 Å². The number of halogens is 1. The van der Waals surface area contributed by atoms with Crippen LogP contribution in [0.4, 0.5) is 10.1 Å². The Morgan fingerprint density at radius 3 is 2.29 bits per heavy atom. The predicted molar refractivity (Wildman–Crippen MR) is 62.2 cm³/mol. The monoisotopic (exact) mass is 235 g/mol. The van der Waals surface area contributed by atoms with Crippen molar-refractivity contribution in [2.45, 2.75) is 32.6 Å². The Bertz CT molecular complexity index is 466. The Morgan fingerprint density at radius 2 is 1.76 bits per heavy atom. The highest BCUT2D eigenvalue weighted by Crippen LogP contribution is 2.28. The summed E-state index contributed by atoms with van der Waals surface area (Å²) in [6, 6.07) is 4.57. The van der Waals surface area contributed by atoms with E-state index in [1.165, 1.54) is 6.07 Å². The Morgan fingerprint density at radius 1 is 1.18 bits per heavy atom. The van der Waals surface area contributed by atoms with Crippen LogP contribution in [0, 0.1) is 5.82 Å². The minimum Gasteiger partial charge on any atom is -0.274 e. The quantitative estimate of drug-likeness (QED) is 0.739. The first-order valence-electron chi connectivity index (χ1n) is 5.66. The summed E-state index contributed by atoms with van der Waals surface area (Å²) in [4.78, 5) is 24.1. The van der Waals surface area contributed by atoms with Gasteiger partial charge in [0, 0.05) is 12.8 Å². The number of carbonyl (C=O) groups excluding carboxylic acids is 2. The molecule has 0 aromatic heterocycles. The number of anilines is 1. The topological polar surface area (TPSA) is 37.4 Å². The van der Waals surface area contributed by atoms with Crippen molar-refractivity contribution in [1.82, 2.24) is 0 Å². The molecule has 17 heavy (non-hydrogen) atoms. The van der Waals surface area contributed by atoms with E-state index in [0.29, 0.717) is 0 Å². The van der Waals surface area contributed by atoms with Gasteiger partial charge in [0.15, 0.2) is 0 Å². The van der Waals surface area contributed by atoms with Crippen LogP contribution >= 0.6 is 0 Å². The molecule has 1 heterocycles. The lowest BCUT2D eigenvalue weighted by Crippen LogP contribution is -2.29. The van der Waals surface area contributed by atoms with Crippen molar-refractivity contribution in [3.05, 3.63) is 29.6 Å². The van der Waals surface area contributed by atoms with Crippen LogP contribution in [-0.4, -0.2) is 11.8 Å². The zero-order chi connectivity index (χ0) is 12.6. The normalized spacial score (nSPS) is 16.1. The third-order valence-corrected chi connectivity index (χ3v) is 2.93. The van der Waals surface area contributed by atoms with E-state index >= 15 is 0 Å². The highest BCUT2D eigenvalue weighted by molar-refractivity contribution is 6.19. The molecule has 90 valence electrons. The van der Waals surface area contributed by atoms with Crippen molar-refractivity contribution >= 4 is 17.5 Å². The molecular formula is C13H14FNO2. The molecule has 0 atom stereocenters. The maximum Gasteiger partial charge on any atom is 0.234 e. The zero-order valence-electron chi connectivity index (χ0n) is 9.87. The maximum atomic E-state index is 13.7. The predicted octanol–water partition coefficient (Wildman–Crippen LogP) is 2.60. The van der Waals surface area contributed by atoms with Crippen molar-refractivity contribution in [3.63, 3.8) is 0 Å². The average Bonchev–Trinajstić information content (AvgIpc) is 2.59. The number of hydrogen-bond acceptors (Lipinski definition) is 2. The van der Waals surface area contributed by atoms with Gasteiger partial charge < -0.3 is 0 Å². The molecular weight excluding hydrogens is 221 g/mol. The largest absolute Gasteiger partial charge is 0.274 e. The number of carbonyl (C=O) groups is 2. The van der Waals surface area contributed by atoms with E-state index < -0.39 is 5.82 Å². The number of imide groups is 1. The van der Waals surface area contributed by atoms with Crippen molar-refractivity contribution in [2.24, 2.45) is 0 Å². The number of rotatable bonds is 2. The molecule has 0 radical (unpaired) electrons. The van der Waals surface area contributed by atoms with Crippen LogP contribution in [0.15, 0.2) is 18.2 Å². The maximum absolute atomic E-state index is 13.7. The Kier molecular flexibility index (Phi) is 2.96. The van der Waals surface area contributed by atoms with Crippen LogP contribution in [0.5, 0.6) is 0 Å². The second kappa shape index (κ2) is 4.28. The van der Waals surface area contributed by atoms with Crippen LogP contribution in [0.1, 0.15) is 38.2 Å². The molecule has 1 aromatic carbocycles. The van der Waals surface area contributed by atoms with Gasteiger partial charge in [0.25, 0.3) is 0 Å². The fraction of sp³-hybridized carbons (Fsp3) is 0.385. The number of hydrogen-bond donors (Lipinski definition) is 0. The molecule has 0 aliphatic carbocycles. The van der Waals surface area contributed by atoms with Gasteiger partial charge in [0.2, 0.25) is 11.8 Å². The van der Waals surface area contributed by atoms with E-state index in [9.17, 15) is 14.0 Å². The molecule has 4 heteroatoms. The molecule has 1 saturated heterocycles. The molecule has 1 aliphatic rings. The van der Waals surface area contributed by atoms with E-state index in [-0.39, 0.29) is 36.3 Å². The number of nitrogens with zero attached hydrogens (tertiary/aromatic N) is 1. The lowest BCUT2D eigenvalue weighted by molar-refractivity contribution is -0.121. The summed E-state index contributed by atoms with van der Waals surface area (Å²) in [5, 5.41) is 0. The van der Waals surface area contributed by atoms with E-state index in [1.807, 2.05) is 13.8 Å². The van der Waals surface area contributed by atoms with Crippen LogP contribution in [-0.2, 0) is 9.59 Å². The summed E-state index contributed by atoms with van der Waals surface area (Å²) in [5.74, 6) is -0.954. The third-order valence-electron chi connectivity index (χ3n) is 2.93. The molecule has 1 aliphatic heterocycles. The summed E-state index contributed by atoms with van der Waals surface area (Å²) in [6.07, 6.45) is 0.342. The molecule has 0 N–H and O–H groups in total. The summed E-state index contributed by atoms with van der Waals surface area (Å²) in [7, 11) is 0. The van der Waals surface area contributed by atoms with Crippen molar-refractivity contribution in [3.8, 4) is 0 Å². The van der Waals surface area contributed by atoms with Crippen molar-refractivity contribution in [2.75, 3.05) is 4.90 Å². The smallest absolute Gasteiger partial charge is 0.234 e. The van der Waals surface area contributed by atoms with Gasteiger partial charge in [0.1, 0.15) is 5.82 Å². The summed E-state index contributed by atoms with van der Waals surface area (Å²) < 4.78 is 13.7. The molecule has 0 bridgehead atoms. The Hall–Kier alpha value is -1.71. The summed E-state index contributed by atoms with van der Waals surface area (Å²) in [5.41, 5.74) is 0.998. The molecule has 0 unspecified atom stereocenters. The fourth-order valence-electron chi connectivity index (χ4n) is 1.91. The molecule has 2 rings (SSSR count). The van der Waals surface area contributed by atoms with Gasteiger partial charge in [-0.25, -0.2) is 9.29 Å². The van der Waals surface area contributed by atoms with Crippen LogP contribution in [0.3, 0.4) is 0 Å². The summed E-state index contributed by atoms with van der Waals surface area (Å²) >= 11 is 0. The number of amides is 2. The van der Waals surface area contributed by atoms with Crippen LogP contribution in [0.25, 0.3) is 0 Å². The second-order valence-electron chi connectivity index (χ2n) is 4.49.